The summed E-state index contributed by atoms with van der Waals surface area (Å²) in [5.74, 6) is 0.0142. The zero-order valence-electron chi connectivity index (χ0n) is 14.1. The molecule has 0 radical (unpaired) electrons. The molecule has 5 heteroatoms. The molecule has 1 aliphatic heterocycles. The number of rotatable bonds is 6. The molecule has 0 unspecified atom stereocenters. The normalized spacial score (nSPS) is 15.6. The van der Waals surface area contributed by atoms with E-state index < -0.39 is 5.91 Å². The lowest BCUT2D eigenvalue weighted by Crippen LogP contribution is -2.35. The maximum absolute atomic E-state index is 12.5. The first-order valence-corrected chi connectivity index (χ1v) is 8.34. The van der Waals surface area contributed by atoms with Gasteiger partial charge in [-0.25, -0.2) is 5.01 Å². The molecule has 25 heavy (non-hydrogen) atoms. The van der Waals surface area contributed by atoms with E-state index in [1.54, 1.807) is 18.2 Å². The smallest absolute Gasteiger partial charge is 0.282 e. The highest BCUT2D eigenvalue weighted by molar-refractivity contribution is 6.31. The Morgan fingerprint density at radius 3 is 2.44 bits per heavy atom. The highest BCUT2D eigenvalue weighted by Crippen LogP contribution is 2.22. The van der Waals surface area contributed by atoms with Crippen LogP contribution in [0.1, 0.15) is 25.3 Å². The Kier molecular flexibility index (Phi) is 5.14. The van der Waals surface area contributed by atoms with E-state index in [-0.39, 0.29) is 11.5 Å². The predicted octanol–water partition coefficient (Wildman–Crippen LogP) is 3.33. The zero-order valence-corrected chi connectivity index (χ0v) is 14.1. The molecule has 1 aliphatic rings. The molecule has 0 aliphatic carbocycles. The van der Waals surface area contributed by atoms with E-state index in [1.165, 1.54) is 5.01 Å². The predicted molar refractivity (Wildman–Crippen MR) is 96.9 cm³/mol. The summed E-state index contributed by atoms with van der Waals surface area (Å²) in [4.78, 5) is 24.7. The number of hydrogen-bond acceptors (Lipinski definition) is 3. The number of para-hydroxylation sites is 1. The Bertz CT molecular complexity index is 782. The summed E-state index contributed by atoms with van der Waals surface area (Å²) >= 11 is 0. The summed E-state index contributed by atoms with van der Waals surface area (Å²) < 4.78 is 5.61. The highest BCUT2D eigenvalue weighted by atomic mass is 16.5. The van der Waals surface area contributed by atoms with Crippen molar-refractivity contribution in [1.29, 1.82) is 0 Å². The molecule has 0 saturated carbocycles. The molecule has 1 heterocycles. The highest BCUT2D eigenvalue weighted by Gasteiger charge is 2.34. The van der Waals surface area contributed by atoms with Crippen LogP contribution in [0.3, 0.4) is 0 Å². The van der Waals surface area contributed by atoms with Crippen LogP contribution in [-0.4, -0.2) is 18.4 Å². The lowest BCUT2D eigenvalue weighted by atomic mass is 10.1. The third-order valence-corrected chi connectivity index (χ3v) is 3.86. The van der Waals surface area contributed by atoms with E-state index in [0.29, 0.717) is 12.3 Å². The summed E-state index contributed by atoms with van der Waals surface area (Å²) in [6, 6.07) is 16.4. The van der Waals surface area contributed by atoms with Crippen molar-refractivity contribution in [3.63, 3.8) is 0 Å². The molecule has 1 saturated heterocycles. The number of nitrogens with zero attached hydrogens (tertiary/aromatic N) is 1. The van der Waals surface area contributed by atoms with Crippen molar-refractivity contribution in [2.45, 2.75) is 19.8 Å². The van der Waals surface area contributed by atoms with Gasteiger partial charge in [0, 0.05) is 0 Å². The topological polar surface area (TPSA) is 58.6 Å². The maximum atomic E-state index is 12.5. The molecule has 1 fully saturated rings. The van der Waals surface area contributed by atoms with E-state index in [1.807, 2.05) is 42.5 Å². The van der Waals surface area contributed by atoms with Gasteiger partial charge in [-0.1, -0.05) is 43.7 Å². The summed E-state index contributed by atoms with van der Waals surface area (Å²) in [7, 11) is 0. The minimum Gasteiger partial charge on any atom is -0.494 e. The number of benzene rings is 2. The molecule has 3 rings (SSSR count). The van der Waals surface area contributed by atoms with Crippen LogP contribution in [0.25, 0.3) is 6.08 Å². The molecule has 0 atom stereocenters. The molecule has 128 valence electrons. The van der Waals surface area contributed by atoms with Crippen LogP contribution in [-0.2, 0) is 9.59 Å². The van der Waals surface area contributed by atoms with Gasteiger partial charge in [-0.05, 0) is 42.3 Å². The molecule has 0 bridgehead atoms. The molecule has 2 aromatic rings. The van der Waals surface area contributed by atoms with Gasteiger partial charge in [0.2, 0.25) is 0 Å². The number of unbranched alkanes of at least 4 members (excludes halogenated alkanes) is 1. The van der Waals surface area contributed by atoms with Crippen LogP contribution in [0, 0.1) is 0 Å². The van der Waals surface area contributed by atoms with E-state index in [4.69, 9.17) is 4.74 Å². The second-order valence-electron chi connectivity index (χ2n) is 5.75. The van der Waals surface area contributed by atoms with Crippen molar-refractivity contribution in [3.8, 4) is 5.75 Å². The Morgan fingerprint density at radius 1 is 1.04 bits per heavy atom. The number of hydrazine groups is 1. The molecule has 2 amide bonds. The Hall–Kier alpha value is -3.08. The van der Waals surface area contributed by atoms with Crippen molar-refractivity contribution >= 4 is 23.6 Å². The first kappa shape index (κ1) is 16.8. The van der Waals surface area contributed by atoms with Crippen molar-refractivity contribution in [1.82, 2.24) is 5.43 Å². The molecule has 2 aromatic carbocycles. The molecular weight excluding hydrogens is 316 g/mol. The monoisotopic (exact) mass is 336 g/mol. The number of anilines is 1. The van der Waals surface area contributed by atoms with Crippen LogP contribution in [0.2, 0.25) is 0 Å². The standard InChI is InChI=1S/C20H20N2O3/c1-2-3-13-25-17-11-9-15(10-12-17)14-18-19(23)21-22(20(18)24)16-7-5-4-6-8-16/h4-12,14H,2-3,13H2,1H3,(H,21,23)/b18-14-. The quantitative estimate of drug-likeness (QED) is 0.500. The van der Waals surface area contributed by atoms with Crippen molar-refractivity contribution in [2.75, 3.05) is 11.6 Å². The van der Waals surface area contributed by atoms with Gasteiger partial charge in [0.25, 0.3) is 11.8 Å². The summed E-state index contributed by atoms with van der Waals surface area (Å²) in [5, 5.41) is 1.26. The zero-order chi connectivity index (χ0) is 17.6. The Labute approximate surface area is 146 Å². The van der Waals surface area contributed by atoms with Crippen LogP contribution in [0.5, 0.6) is 5.75 Å². The van der Waals surface area contributed by atoms with Crippen molar-refractivity contribution in [3.05, 3.63) is 65.7 Å². The van der Waals surface area contributed by atoms with Crippen LogP contribution < -0.4 is 15.2 Å². The van der Waals surface area contributed by atoms with Crippen LogP contribution in [0.15, 0.2) is 60.2 Å². The number of nitrogens with one attached hydrogen (secondary N) is 1. The summed E-state index contributed by atoms with van der Waals surface area (Å²) in [6.07, 6.45) is 3.69. The van der Waals surface area contributed by atoms with Crippen LogP contribution >= 0.6 is 0 Å². The average Bonchev–Trinajstić information content (AvgIpc) is 2.92. The van der Waals surface area contributed by atoms with Gasteiger partial charge in [-0.15, -0.1) is 0 Å². The van der Waals surface area contributed by atoms with Gasteiger partial charge in [-0.3, -0.25) is 15.0 Å². The number of carbonyl (C=O) groups is 2. The Morgan fingerprint density at radius 2 is 1.76 bits per heavy atom. The molecule has 0 spiro atoms. The molecule has 1 N–H and O–H groups in total. The largest absolute Gasteiger partial charge is 0.494 e. The first-order chi connectivity index (χ1) is 12.2. The lowest BCUT2D eigenvalue weighted by molar-refractivity contribution is -0.117. The van der Waals surface area contributed by atoms with Crippen LogP contribution in [0.4, 0.5) is 5.69 Å². The van der Waals surface area contributed by atoms with E-state index in [9.17, 15) is 9.59 Å². The SMILES string of the molecule is CCCCOc1ccc(/C=C2/C(=O)NN(c3ccccc3)C2=O)cc1. The summed E-state index contributed by atoms with van der Waals surface area (Å²) in [5.41, 5.74) is 4.11. The lowest BCUT2D eigenvalue weighted by Gasteiger charge is -2.13. The third kappa shape index (κ3) is 3.88. The fourth-order valence-corrected chi connectivity index (χ4v) is 2.48. The molecule has 5 nitrogen and oxygen atoms in total. The van der Waals surface area contributed by atoms with Gasteiger partial charge in [0.05, 0.1) is 12.3 Å². The van der Waals surface area contributed by atoms with Crippen molar-refractivity contribution in [2.24, 2.45) is 0 Å². The maximum Gasteiger partial charge on any atom is 0.282 e. The fraction of sp³-hybridized carbons (Fsp3) is 0.200. The van der Waals surface area contributed by atoms with E-state index in [2.05, 4.69) is 12.3 Å². The number of hydrogen-bond donors (Lipinski definition) is 1. The number of carbonyl (C=O) groups excluding carboxylic acids is 2. The molecular formula is C20H20N2O3. The number of ether oxygens (including phenoxy) is 1. The minimum absolute atomic E-state index is 0.114. The second kappa shape index (κ2) is 7.66. The number of amides is 2. The van der Waals surface area contributed by atoms with E-state index >= 15 is 0 Å². The van der Waals surface area contributed by atoms with Crippen molar-refractivity contribution < 1.29 is 14.3 Å². The van der Waals surface area contributed by atoms with Gasteiger partial charge in [0.15, 0.2) is 0 Å². The first-order valence-electron chi connectivity index (χ1n) is 8.34. The van der Waals surface area contributed by atoms with E-state index in [0.717, 1.165) is 24.2 Å². The Balaban J connectivity index is 1.74. The fourth-order valence-electron chi connectivity index (χ4n) is 2.48. The third-order valence-electron chi connectivity index (χ3n) is 3.86. The second-order valence-corrected chi connectivity index (χ2v) is 5.75. The van der Waals surface area contributed by atoms with Gasteiger partial charge in [-0.2, -0.15) is 0 Å². The van der Waals surface area contributed by atoms with Gasteiger partial charge < -0.3 is 4.74 Å². The average molecular weight is 336 g/mol. The van der Waals surface area contributed by atoms with Gasteiger partial charge >= 0.3 is 0 Å². The van der Waals surface area contributed by atoms with Gasteiger partial charge in [0.1, 0.15) is 11.3 Å². The summed E-state index contributed by atoms with van der Waals surface area (Å²) in [6.45, 7) is 2.80. The minimum atomic E-state index is -0.405. The molecule has 0 aromatic heterocycles.